The van der Waals surface area contributed by atoms with Crippen LogP contribution in [0.2, 0.25) is 0 Å². The predicted octanol–water partition coefficient (Wildman–Crippen LogP) is 4.45. The van der Waals surface area contributed by atoms with Gasteiger partial charge in [0, 0.05) is 17.5 Å². The first-order chi connectivity index (χ1) is 13.6. The monoisotopic (exact) mass is 382 g/mol. The molecule has 28 heavy (non-hydrogen) atoms. The zero-order valence-corrected chi connectivity index (χ0v) is 16.0. The van der Waals surface area contributed by atoms with Crippen LogP contribution in [0.15, 0.2) is 42.5 Å². The molecule has 0 amide bonds. The Kier molecular flexibility index (Phi) is 4.58. The van der Waals surface area contributed by atoms with E-state index in [1.165, 1.54) is 13.2 Å². The van der Waals surface area contributed by atoms with Crippen LogP contribution in [0.3, 0.4) is 0 Å². The number of nitrogens with one attached hydrogen (secondary N) is 1. The quantitative estimate of drug-likeness (QED) is 0.467. The summed E-state index contributed by atoms with van der Waals surface area (Å²) in [6, 6.07) is 8.90. The fourth-order valence-electron chi connectivity index (χ4n) is 4.38. The summed E-state index contributed by atoms with van der Waals surface area (Å²) < 4.78 is 16.6. The molecule has 1 heterocycles. The van der Waals surface area contributed by atoms with E-state index < -0.39 is 0 Å². The Bertz CT molecular complexity index is 956. The lowest BCUT2D eigenvalue weighted by Gasteiger charge is -2.38. The minimum absolute atomic E-state index is 0.0360. The first-order valence-corrected chi connectivity index (χ1v) is 9.09. The number of rotatable bonds is 5. The van der Waals surface area contributed by atoms with E-state index in [-0.39, 0.29) is 28.5 Å². The van der Waals surface area contributed by atoms with Crippen molar-refractivity contribution in [3.8, 4) is 17.2 Å². The summed E-state index contributed by atoms with van der Waals surface area (Å²) in [6.45, 7) is 0. The predicted molar refractivity (Wildman–Crippen MR) is 106 cm³/mol. The average Bonchev–Trinajstić information content (AvgIpc) is 3.21. The fourth-order valence-corrected chi connectivity index (χ4v) is 4.38. The Balaban J connectivity index is 1.87. The van der Waals surface area contributed by atoms with Crippen LogP contribution in [0.4, 0.5) is 11.4 Å². The largest absolute Gasteiger partial charge is 0.494 e. The number of nitrogens with zero attached hydrogens (tertiary/aromatic N) is 1. The summed E-state index contributed by atoms with van der Waals surface area (Å²) in [5.74, 6) is 2.10. The Hall–Kier alpha value is -3.22. The molecule has 0 bridgehead atoms. The minimum Gasteiger partial charge on any atom is -0.494 e. The molecule has 2 aromatic rings. The Labute approximate surface area is 163 Å². The molecule has 0 radical (unpaired) electrons. The van der Waals surface area contributed by atoms with Crippen LogP contribution in [-0.2, 0) is 0 Å². The lowest BCUT2D eigenvalue weighted by molar-refractivity contribution is -0.385. The number of allylic oxidation sites excluding steroid dienone is 2. The summed E-state index contributed by atoms with van der Waals surface area (Å²) >= 11 is 0. The summed E-state index contributed by atoms with van der Waals surface area (Å²) in [6.07, 6.45) is 5.14. The van der Waals surface area contributed by atoms with Gasteiger partial charge in [0.15, 0.2) is 11.5 Å². The van der Waals surface area contributed by atoms with Gasteiger partial charge in [0.05, 0.1) is 44.0 Å². The van der Waals surface area contributed by atoms with Crippen LogP contribution in [0.5, 0.6) is 17.2 Å². The number of fused-ring (bicyclic) bond motifs is 3. The van der Waals surface area contributed by atoms with Crippen molar-refractivity contribution in [1.29, 1.82) is 0 Å². The van der Waals surface area contributed by atoms with E-state index in [9.17, 15) is 10.1 Å². The molecule has 2 aromatic carbocycles. The number of nitro benzene ring substituents is 1. The summed E-state index contributed by atoms with van der Waals surface area (Å²) in [5.41, 5.74) is 2.71. The first-order valence-electron chi connectivity index (χ1n) is 9.09. The molecule has 7 nitrogen and oxygen atoms in total. The molecule has 2 aliphatic rings. The smallest absolute Gasteiger partial charge is 0.273 e. The van der Waals surface area contributed by atoms with Crippen molar-refractivity contribution in [2.24, 2.45) is 5.92 Å². The highest BCUT2D eigenvalue weighted by Crippen LogP contribution is 2.55. The van der Waals surface area contributed by atoms with Crippen LogP contribution in [0.25, 0.3) is 0 Å². The minimum atomic E-state index is -0.381. The third-order valence-corrected chi connectivity index (χ3v) is 5.62. The fraction of sp³-hybridized carbons (Fsp3) is 0.333. The van der Waals surface area contributed by atoms with E-state index in [1.807, 2.05) is 18.2 Å². The van der Waals surface area contributed by atoms with E-state index in [0.717, 1.165) is 23.2 Å². The lowest BCUT2D eigenvalue weighted by Crippen LogP contribution is -2.29. The van der Waals surface area contributed by atoms with Gasteiger partial charge in [-0.05, 0) is 24.0 Å². The van der Waals surface area contributed by atoms with Gasteiger partial charge < -0.3 is 19.5 Å². The molecule has 0 unspecified atom stereocenters. The topological polar surface area (TPSA) is 82.9 Å². The van der Waals surface area contributed by atoms with E-state index in [0.29, 0.717) is 17.2 Å². The van der Waals surface area contributed by atoms with Crippen molar-refractivity contribution in [1.82, 2.24) is 0 Å². The molecule has 146 valence electrons. The highest BCUT2D eigenvalue weighted by Gasteiger charge is 2.41. The van der Waals surface area contributed by atoms with Gasteiger partial charge >= 0.3 is 0 Å². The molecular formula is C21H22N2O5. The summed E-state index contributed by atoms with van der Waals surface area (Å²) in [4.78, 5) is 11.0. The Morgan fingerprint density at radius 2 is 1.86 bits per heavy atom. The van der Waals surface area contributed by atoms with Gasteiger partial charge in [0.2, 0.25) is 0 Å². The van der Waals surface area contributed by atoms with Crippen molar-refractivity contribution in [3.63, 3.8) is 0 Å². The number of benzene rings is 2. The van der Waals surface area contributed by atoms with Gasteiger partial charge in [-0.2, -0.15) is 0 Å². The molecule has 0 saturated heterocycles. The van der Waals surface area contributed by atoms with E-state index >= 15 is 0 Å². The second-order valence-electron chi connectivity index (χ2n) is 6.93. The normalized spacial score (nSPS) is 22.0. The molecular weight excluding hydrogens is 360 g/mol. The van der Waals surface area contributed by atoms with Crippen LogP contribution in [-0.4, -0.2) is 26.3 Å². The van der Waals surface area contributed by atoms with Gasteiger partial charge in [0.25, 0.3) is 5.69 Å². The third kappa shape index (κ3) is 2.74. The number of para-hydroxylation sites is 1. The second kappa shape index (κ2) is 7.07. The Morgan fingerprint density at radius 1 is 1.07 bits per heavy atom. The molecule has 0 aromatic heterocycles. The van der Waals surface area contributed by atoms with Gasteiger partial charge in [-0.1, -0.05) is 24.3 Å². The number of hydrogen-bond acceptors (Lipinski definition) is 6. The van der Waals surface area contributed by atoms with Crippen LogP contribution in [0.1, 0.15) is 29.5 Å². The van der Waals surface area contributed by atoms with Gasteiger partial charge in [-0.15, -0.1) is 0 Å². The molecule has 1 aliphatic heterocycles. The number of hydrogen-bond donors (Lipinski definition) is 1. The number of ether oxygens (including phenoxy) is 3. The molecule has 1 N–H and O–H groups in total. The molecule has 0 fully saturated rings. The van der Waals surface area contributed by atoms with Gasteiger partial charge in [-0.25, -0.2) is 0 Å². The standard InChI is InChI=1S/C21H22N2O5/c1-26-17-9-5-8-15(21(17)28-3)19-14-7-4-6-13(14)16-10-12(23(24)25)11-18(27-2)20(16)22-19/h4-6,8-11,13-14,19,22H,7H2,1-3H3/t13-,14+,19-/m0/s1. The Morgan fingerprint density at radius 3 is 2.54 bits per heavy atom. The summed E-state index contributed by atoms with van der Waals surface area (Å²) in [7, 11) is 4.78. The number of nitro groups is 1. The van der Waals surface area contributed by atoms with Crippen LogP contribution in [0, 0.1) is 16.0 Å². The van der Waals surface area contributed by atoms with Crippen molar-refractivity contribution in [3.05, 3.63) is 63.7 Å². The average molecular weight is 382 g/mol. The van der Waals surface area contributed by atoms with Gasteiger partial charge in [-0.3, -0.25) is 10.1 Å². The molecule has 1 aliphatic carbocycles. The maximum absolute atomic E-state index is 11.4. The lowest BCUT2D eigenvalue weighted by atomic mass is 9.76. The molecule has 0 saturated carbocycles. The van der Waals surface area contributed by atoms with E-state index in [1.54, 1.807) is 20.3 Å². The zero-order chi connectivity index (χ0) is 19.8. The zero-order valence-electron chi connectivity index (χ0n) is 16.0. The number of anilines is 1. The highest BCUT2D eigenvalue weighted by molar-refractivity contribution is 5.71. The van der Waals surface area contributed by atoms with Crippen LogP contribution < -0.4 is 19.5 Å². The van der Waals surface area contributed by atoms with Gasteiger partial charge in [0.1, 0.15) is 5.75 Å². The SMILES string of the molecule is COc1cc([N+](=O)[O-])cc2c1N[C@H](c1cccc(OC)c1OC)[C@@H]1CC=C[C@H]21. The maximum atomic E-state index is 11.4. The van der Waals surface area contributed by atoms with E-state index in [2.05, 4.69) is 17.5 Å². The third-order valence-electron chi connectivity index (χ3n) is 5.62. The van der Waals surface area contributed by atoms with E-state index in [4.69, 9.17) is 14.2 Å². The molecule has 7 heteroatoms. The maximum Gasteiger partial charge on any atom is 0.273 e. The second-order valence-corrected chi connectivity index (χ2v) is 6.93. The van der Waals surface area contributed by atoms with Crippen LogP contribution >= 0.6 is 0 Å². The van der Waals surface area contributed by atoms with Crippen molar-refractivity contribution >= 4 is 11.4 Å². The summed E-state index contributed by atoms with van der Waals surface area (Å²) in [5, 5.41) is 14.9. The van der Waals surface area contributed by atoms with Crippen molar-refractivity contribution in [2.75, 3.05) is 26.6 Å². The first kappa shape index (κ1) is 18.2. The molecule has 4 rings (SSSR count). The number of methoxy groups -OCH3 is 3. The molecule has 3 atom stereocenters. The number of non-ortho nitro benzene ring substituents is 1. The van der Waals surface area contributed by atoms with Crippen molar-refractivity contribution < 1.29 is 19.1 Å². The van der Waals surface area contributed by atoms with Crippen molar-refractivity contribution in [2.45, 2.75) is 18.4 Å². The highest BCUT2D eigenvalue weighted by atomic mass is 16.6. The molecule has 0 spiro atoms.